The second kappa shape index (κ2) is 8.34. The van der Waals surface area contributed by atoms with Gasteiger partial charge in [0, 0.05) is 30.0 Å². The average Bonchev–Trinajstić information content (AvgIpc) is 2.54. The molecule has 2 rings (SSSR count). The van der Waals surface area contributed by atoms with Crippen LogP contribution in [-0.4, -0.2) is 36.5 Å². The van der Waals surface area contributed by atoms with Crippen molar-refractivity contribution in [3.05, 3.63) is 28.7 Å². The van der Waals surface area contributed by atoms with Crippen molar-refractivity contribution in [1.29, 1.82) is 0 Å². The van der Waals surface area contributed by atoms with Crippen LogP contribution < -0.4 is 10.6 Å². The molecule has 0 spiro atoms. The van der Waals surface area contributed by atoms with Crippen LogP contribution in [-0.2, 0) is 4.79 Å². The van der Waals surface area contributed by atoms with Crippen LogP contribution in [0.1, 0.15) is 26.7 Å². The van der Waals surface area contributed by atoms with Crippen molar-refractivity contribution in [1.82, 2.24) is 10.2 Å². The molecule has 1 aliphatic rings. The highest BCUT2D eigenvalue weighted by atomic mass is 79.9. The average molecular weight is 382 g/mol. The topological polar surface area (TPSA) is 61.4 Å². The van der Waals surface area contributed by atoms with E-state index in [-0.39, 0.29) is 17.9 Å². The molecule has 23 heavy (non-hydrogen) atoms. The molecule has 1 heterocycles. The molecule has 1 unspecified atom stereocenters. The number of para-hydroxylation sites is 1. The van der Waals surface area contributed by atoms with Crippen LogP contribution in [0.15, 0.2) is 28.7 Å². The maximum Gasteiger partial charge on any atom is 0.321 e. The van der Waals surface area contributed by atoms with E-state index in [0.717, 1.165) is 29.5 Å². The Morgan fingerprint density at radius 3 is 2.78 bits per heavy atom. The molecule has 6 heteroatoms. The third-order valence-electron chi connectivity index (χ3n) is 4.01. The van der Waals surface area contributed by atoms with Gasteiger partial charge in [0.2, 0.25) is 5.91 Å². The van der Waals surface area contributed by atoms with Crippen LogP contribution in [0.25, 0.3) is 0 Å². The number of carbonyl (C=O) groups is 2. The van der Waals surface area contributed by atoms with Crippen molar-refractivity contribution in [2.75, 3.05) is 25.0 Å². The van der Waals surface area contributed by atoms with Gasteiger partial charge >= 0.3 is 6.03 Å². The first-order valence-electron chi connectivity index (χ1n) is 8.05. The van der Waals surface area contributed by atoms with E-state index in [0.29, 0.717) is 19.0 Å². The Morgan fingerprint density at radius 2 is 2.09 bits per heavy atom. The molecule has 0 saturated carbocycles. The zero-order valence-corrected chi connectivity index (χ0v) is 15.2. The summed E-state index contributed by atoms with van der Waals surface area (Å²) in [4.78, 5) is 25.9. The van der Waals surface area contributed by atoms with Gasteiger partial charge in [0.1, 0.15) is 0 Å². The fraction of sp³-hybridized carbons (Fsp3) is 0.529. The van der Waals surface area contributed by atoms with Crippen molar-refractivity contribution >= 4 is 33.6 Å². The maximum atomic E-state index is 12.4. The van der Waals surface area contributed by atoms with Gasteiger partial charge in [-0.05, 0) is 46.8 Å². The molecule has 1 aromatic rings. The molecular weight excluding hydrogens is 358 g/mol. The van der Waals surface area contributed by atoms with E-state index in [4.69, 9.17) is 0 Å². The Balaban J connectivity index is 1.86. The Kier molecular flexibility index (Phi) is 6.45. The molecule has 2 N–H and O–H groups in total. The molecule has 1 fully saturated rings. The molecule has 1 atom stereocenters. The summed E-state index contributed by atoms with van der Waals surface area (Å²) in [6, 6.07) is 7.48. The Bertz CT molecular complexity index is 563. The second-order valence-electron chi connectivity index (χ2n) is 6.26. The number of amides is 3. The van der Waals surface area contributed by atoms with Crippen molar-refractivity contribution in [2.24, 2.45) is 11.8 Å². The molecule has 0 radical (unpaired) electrons. The van der Waals surface area contributed by atoms with Crippen molar-refractivity contribution in [2.45, 2.75) is 26.7 Å². The summed E-state index contributed by atoms with van der Waals surface area (Å²) in [5.74, 6) is 0.379. The standard InChI is InChI=1S/C17H24BrN3O2/c1-12(2)16(22)19-10-13-6-5-9-21(11-13)17(23)20-15-8-4-3-7-14(15)18/h3-4,7-8,12-13H,5-6,9-11H2,1-2H3,(H,19,22)(H,20,23). The lowest BCUT2D eigenvalue weighted by atomic mass is 9.98. The van der Waals surface area contributed by atoms with Crippen molar-refractivity contribution in [3.63, 3.8) is 0 Å². The van der Waals surface area contributed by atoms with Crippen LogP contribution in [0.3, 0.4) is 0 Å². The number of rotatable bonds is 4. The quantitative estimate of drug-likeness (QED) is 0.838. The molecule has 0 aliphatic carbocycles. The normalized spacial score (nSPS) is 17.9. The summed E-state index contributed by atoms with van der Waals surface area (Å²) in [6.45, 7) is 5.83. The Morgan fingerprint density at radius 1 is 1.35 bits per heavy atom. The second-order valence-corrected chi connectivity index (χ2v) is 7.12. The number of hydrogen-bond acceptors (Lipinski definition) is 2. The number of nitrogens with one attached hydrogen (secondary N) is 2. The van der Waals surface area contributed by atoms with Crippen LogP contribution in [0.2, 0.25) is 0 Å². The first kappa shape index (κ1) is 17.8. The van der Waals surface area contributed by atoms with Gasteiger partial charge in [0.15, 0.2) is 0 Å². The van der Waals surface area contributed by atoms with E-state index in [9.17, 15) is 9.59 Å². The summed E-state index contributed by atoms with van der Waals surface area (Å²) in [5, 5.41) is 5.90. The molecule has 0 bridgehead atoms. The summed E-state index contributed by atoms with van der Waals surface area (Å²) >= 11 is 3.43. The highest BCUT2D eigenvalue weighted by Crippen LogP contribution is 2.23. The highest BCUT2D eigenvalue weighted by Gasteiger charge is 2.24. The first-order chi connectivity index (χ1) is 11.0. The number of likely N-dealkylation sites (tertiary alicyclic amines) is 1. The number of carbonyl (C=O) groups excluding carboxylic acids is 2. The third kappa shape index (κ3) is 5.23. The van der Waals surface area contributed by atoms with Gasteiger partial charge in [0.25, 0.3) is 0 Å². The Labute approximate surface area is 145 Å². The number of benzene rings is 1. The SMILES string of the molecule is CC(C)C(=O)NCC1CCCN(C(=O)Nc2ccccc2Br)C1. The molecule has 5 nitrogen and oxygen atoms in total. The lowest BCUT2D eigenvalue weighted by molar-refractivity contribution is -0.124. The molecule has 0 aromatic heterocycles. The monoisotopic (exact) mass is 381 g/mol. The van der Waals surface area contributed by atoms with E-state index in [1.54, 1.807) is 0 Å². The van der Waals surface area contributed by atoms with Gasteiger partial charge in [-0.1, -0.05) is 26.0 Å². The summed E-state index contributed by atoms with van der Waals surface area (Å²) < 4.78 is 0.867. The van der Waals surface area contributed by atoms with Crippen LogP contribution in [0, 0.1) is 11.8 Å². The van der Waals surface area contributed by atoms with Gasteiger partial charge in [-0.25, -0.2) is 4.79 Å². The summed E-state index contributed by atoms with van der Waals surface area (Å²) in [6.07, 6.45) is 2.00. The number of piperidine rings is 1. The van der Waals surface area contributed by atoms with E-state index >= 15 is 0 Å². The van der Waals surface area contributed by atoms with E-state index in [1.165, 1.54) is 0 Å². The smallest absolute Gasteiger partial charge is 0.321 e. The minimum Gasteiger partial charge on any atom is -0.356 e. The predicted molar refractivity (Wildman–Crippen MR) is 95.3 cm³/mol. The number of halogens is 1. The fourth-order valence-corrected chi connectivity index (χ4v) is 3.01. The fourth-order valence-electron chi connectivity index (χ4n) is 2.62. The van der Waals surface area contributed by atoms with Gasteiger partial charge in [-0.15, -0.1) is 0 Å². The molecule has 126 valence electrons. The molecule has 1 aliphatic heterocycles. The highest BCUT2D eigenvalue weighted by molar-refractivity contribution is 9.10. The largest absolute Gasteiger partial charge is 0.356 e. The van der Waals surface area contributed by atoms with E-state index < -0.39 is 0 Å². The minimum absolute atomic E-state index is 0.00609. The van der Waals surface area contributed by atoms with Crippen molar-refractivity contribution in [3.8, 4) is 0 Å². The van der Waals surface area contributed by atoms with Gasteiger partial charge in [-0.3, -0.25) is 4.79 Å². The Hall–Kier alpha value is -1.56. The summed E-state index contributed by atoms with van der Waals surface area (Å²) in [5.41, 5.74) is 0.771. The zero-order valence-electron chi connectivity index (χ0n) is 13.6. The van der Waals surface area contributed by atoms with Crippen LogP contribution in [0.4, 0.5) is 10.5 Å². The minimum atomic E-state index is -0.0863. The van der Waals surface area contributed by atoms with Gasteiger partial charge < -0.3 is 15.5 Å². The lowest BCUT2D eigenvalue weighted by Crippen LogP contribution is -2.45. The number of anilines is 1. The molecule has 1 saturated heterocycles. The molecule has 3 amide bonds. The predicted octanol–water partition coefficient (Wildman–Crippen LogP) is 3.47. The van der Waals surface area contributed by atoms with E-state index in [1.807, 2.05) is 43.0 Å². The van der Waals surface area contributed by atoms with Crippen molar-refractivity contribution < 1.29 is 9.59 Å². The van der Waals surface area contributed by atoms with Gasteiger partial charge in [0.05, 0.1) is 5.69 Å². The number of hydrogen-bond donors (Lipinski definition) is 2. The third-order valence-corrected chi connectivity index (χ3v) is 4.70. The number of nitrogens with zero attached hydrogens (tertiary/aromatic N) is 1. The first-order valence-corrected chi connectivity index (χ1v) is 8.85. The van der Waals surface area contributed by atoms with E-state index in [2.05, 4.69) is 26.6 Å². The van der Waals surface area contributed by atoms with Crippen LogP contribution >= 0.6 is 15.9 Å². The molecule has 1 aromatic carbocycles. The zero-order chi connectivity index (χ0) is 16.8. The van der Waals surface area contributed by atoms with Gasteiger partial charge in [-0.2, -0.15) is 0 Å². The lowest BCUT2D eigenvalue weighted by Gasteiger charge is -2.33. The maximum absolute atomic E-state index is 12.4. The molecular formula is C17H24BrN3O2. The van der Waals surface area contributed by atoms with Crippen LogP contribution in [0.5, 0.6) is 0 Å². The summed E-state index contributed by atoms with van der Waals surface area (Å²) in [7, 11) is 0. The number of urea groups is 1.